The molecule has 0 amide bonds. The molecular formula is C23H40N4O2. The van der Waals surface area contributed by atoms with Crippen LogP contribution in [0.25, 0.3) is 0 Å². The zero-order chi connectivity index (χ0) is 21.1. The highest BCUT2D eigenvalue weighted by Crippen LogP contribution is 2.41. The Bertz CT molecular complexity index is 627. The van der Waals surface area contributed by atoms with Crippen LogP contribution in [0, 0.1) is 5.41 Å². The second kappa shape index (κ2) is 12.0. The van der Waals surface area contributed by atoms with Crippen molar-refractivity contribution in [1.29, 1.82) is 0 Å². The highest BCUT2D eigenvalue weighted by atomic mass is 16.5. The van der Waals surface area contributed by atoms with Gasteiger partial charge in [-0.15, -0.1) is 0 Å². The highest BCUT2D eigenvalue weighted by Gasteiger charge is 2.33. The summed E-state index contributed by atoms with van der Waals surface area (Å²) in [5.41, 5.74) is 1.52. The number of guanidine groups is 1. The van der Waals surface area contributed by atoms with Gasteiger partial charge in [-0.05, 0) is 63.4 Å². The molecule has 0 spiro atoms. The lowest BCUT2D eigenvalue weighted by atomic mass is 9.83. The number of hydrogen-bond acceptors (Lipinski definition) is 4. The van der Waals surface area contributed by atoms with Crippen molar-refractivity contribution in [3.63, 3.8) is 0 Å². The minimum atomic E-state index is 0.225. The summed E-state index contributed by atoms with van der Waals surface area (Å²) in [4.78, 5) is 7.20. The fraction of sp³-hybridized carbons (Fsp3) is 0.696. The molecule has 2 rings (SSSR count). The Morgan fingerprint density at radius 1 is 1.21 bits per heavy atom. The molecule has 2 N–H and O–H groups in total. The smallest absolute Gasteiger partial charge is 0.191 e. The fourth-order valence-electron chi connectivity index (χ4n) is 4.16. The van der Waals surface area contributed by atoms with Crippen LogP contribution in [0.5, 0.6) is 5.75 Å². The molecule has 6 heteroatoms. The van der Waals surface area contributed by atoms with Crippen molar-refractivity contribution in [1.82, 2.24) is 15.5 Å². The SMILES string of the molecule is CCNC(=NCC1(CCOC)CCCC1)NCC(c1cccc(OC)c1)N(C)C. The molecule has 1 aliphatic carbocycles. The lowest BCUT2D eigenvalue weighted by Crippen LogP contribution is -2.42. The van der Waals surface area contributed by atoms with Crippen molar-refractivity contribution in [3.05, 3.63) is 29.8 Å². The van der Waals surface area contributed by atoms with Crippen LogP contribution >= 0.6 is 0 Å². The number of benzene rings is 1. The minimum Gasteiger partial charge on any atom is -0.497 e. The summed E-state index contributed by atoms with van der Waals surface area (Å²) < 4.78 is 10.8. The molecule has 0 aliphatic heterocycles. The molecule has 0 heterocycles. The van der Waals surface area contributed by atoms with Gasteiger partial charge in [-0.2, -0.15) is 0 Å². The molecule has 1 aromatic rings. The predicted octanol–water partition coefficient (Wildman–Crippen LogP) is 3.45. The first-order chi connectivity index (χ1) is 14.0. The summed E-state index contributed by atoms with van der Waals surface area (Å²) in [7, 11) is 7.71. The molecule has 1 fully saturated rings. The summed E-state index contributed by atoms with van der Waals surface area (Å²) in [6, 6.07) is 8.51. The van der Waals surface area contributed by atoms with Crippen molar-refractivity contribution < 1.29 is 9.47 Å². The summed E-state index contributed by atoms with van der Waals surface area (Å²) in [6.45, 7) is 5.41. The maximum Gasteiger partial charge on any atom is 0.191 e. The Morgan fingerprint density at radius 3 is 2.59 bits per heavy atom. The van der Waals surface area contributed by atoms with E-state index in [4.69, 9.17) is 14.5 Å². The number of nitrogens with zero attached hydrogens (tertiary/aromatic N) is 2. The Kier molecular flexibility index (Phi) is 9.74. The number of hydrogen-bond donors (Lipinski definition) is 2. The van der Waals surface area contributed by atoms with Crippen LogP contribution in [0.2, 0.25) is 0 Å². The first-order valence-corrected chi connectivity index (χ1v) is 10.8. The van der Waals surface area contributed by atoms with Crippen molar-refractivity contribution in [2.45, 2.75) is 45.1 Å². The molecule has 6 nitrogen and oxygen atoms in total. The third-order valence-corrected chi connectivity index (χ3v) is 5.98. The number of nitrogens with one attached hydrogen (secondary N) is 2. The molecule has 29 heavy (non-hydrogen) atoms. The van der Waals surface area contributed by atoms with Gasteiger partial charge in [0.2, 0.25) is 0 Å². The van der Waals surface area contributed by atoms with Gasteiger partial charge in [0, 0.05) is 33.4 Å². The van der Waals surface area contributed by atoms with E-state index in [-0.39, 0.29) is 6.04 Å². The van der Waals surface area contributed by atoms with E-state index in [1.807, 2.05) is 12.1 Å². The highest BCUT2D eigenvalue weighted by molar-refractivity contribution is 5.79. The van der Waals surface area contributed by atoms with Crippen molar-refractivity contribution in [2.24, 2.45) is 10.4 Å². The van der Waals surface area contributed by atoms with Gasteiger partial charge in [-0.1, -0.05) is 25.0 Å². The Labute approximate surface area is 177 Å². The van der Waals surface area contributed by atoms with Crippen LogP contribution in [0.1, 0.15) is 50.6 Å². The zero-order valence-electron chi connectivity index (χ0n) is 19.0. The van der Waals surface area contributed by atoms with Crippen molar-refractivity contribution in [3.8, 4) is 5.75 Å². The topological polar surface area (TPSA) is 58.1 Å². The maximum atomic E-state index is 5.40. The summed E-state index contributed by atoms with van der Waals surface area (Å²) in [5.74, 6) is 1.78. The van der Waals surface area contributed by atoms with Crippen molar-refractivity contribution in [2.75, 3.05) is 54.6 Å². The minimum absolute atomic E-state index is 0.225. The van der Waals surface area contributed by atoms with Gasteiger partial charge in [-0.25, -0.2) is 0 Å². The van der Waals surface area contributed by atoms with Gasteiger partial charge in [0.15, 0.2) is 5.96 Å². The van der Waals surface area contributed by atoms with E-state index >= 15 is 0 Å². The number of rotatable bonds is 11. The normalized spacial score (nSPS) is 17.4. The van der Waals surface area contributed by atoms with Crippen LogP contribution in [0.4, 0.5) is 0 Å². The monoisotopic (exact) mass is 404 g/mol. The number of methoxy groups -OCH3 is 2. The molecule has 1 unspecified atom stereocenters. The van der Waals surface area contributed by atoms with Gasteiger partial charge >= 0.3 is 0 Å². The molecule has 0 saturated heterocycles. The zero-order valence-corrected chi connectivity index (χ0v) is 19.0. The van der Waals surface area contributed by atoms with Crippen LogP contribution in [0.15, 0.2) is 29.3 Å². The number of likely N-dealkylation sites (N-methyl/N-ethyl adjacent to an activating group) is 1. The van der Waals surface area contributed by atoms with E-state index in [0.29, 0.717) is 5.41 Å². The third kappa shape index (κ3) is 7.19. The first kappa shape index (κ1) is 23.5. The van der Waals surface area contributed by atoms with Gasteiger partial charge in [0.25, 0.3) is 0 Å². The second-order valence-electron chi connectivity index (χ2n) is 8.28. The van der Waals surface area contributed by atoms with Gasteiger partial charge in [-0.3, -0.25) is 4.99 Å². The molecule has 0 radical (unpaired) electrons. The van der Waals surface area contributed by atoms with Gasteiger partial charge in [0.05, 0.1) is 13.2 Å². The molecule has 1 aliphatic rings. The average molecular weight is 405 g/mol. The van der Waals surface area contributed by atoms with E-state index in [9.17, 15) is 0 Å². The van der Waals surface area contributed by atoms with Crippen LogP contribution in [-0.4, -0.2) is 65.4 Å². The molecule has 0 aromatic heterocycles. The first-order valence-electron chi connectivity index (χ1n) is 10.8. The lowest BCUT2D eigenvalue weighted by molar-refractivity contribution is 0.141. The molecule has 164 valence electrons. The van der Waals surface area contributed by atoms with Gasteiger partial charge < -0.3 is 25.0 Å². The molecular weight excluding hydrogens is 364 g/mol. The average Bonchev–Trinajstić information content (AvgIpc) is 3.19. The van der Waals surface area contributed by atoms with E-state index in [1.54, 1.807) is 14.2 Å². The Hall–Kier alpha value is -1.79. The molecule has 1 aromatic carbocycles. The van der Waals surface area contributed by atoms with Crippen LogP contribution in [-0.2, 0) is 4.74 Å². The van der Waals surface area contributed by atoms with E-state index in [0.717, 1.165) is 44.4 Å². The fourth-order valence-corrected chi connectivity index (χ4v) is 4.16. The molecule has 0 bridgehead atoms. The van der Waals surface area contributed by atoms with Gasteiger partial charge in [0.1, 0.15) is 5.75 Å². The van der Waals surface area contributed by atoms with E-state index in [1.165, 1.54) is 31.2 Å². The Balaban J connectivity index is 2.06. The lowest BCUT2D eigenvalue weighted by Gasteiger charge is -2.28. The van der Waals surface area contributed by atoms with E-state index in [2.05, 4.69) is 48.7 Å². The standard InChI is InChI=1S/C23H40N4O2/c1-6-24-22(26-18-23(14-15-28-4)12-7-8-13-23)25-17-21(27(2)3)19-10-9-11-20(16-19)29-5/h9-11,16,21H,6-8,12-15,17-18H2,1-5H3,(H2,24,25,26). The molecule has 1 saturated carbocycles. The largest absolute Gasteiger partial charge is 0.497 e. The second-order valence-corrected chi connectivity index (χ2v) is 8.28. The summed E-state index contributed by atoms with van der Waals surface area (Å²) in [6.07, 6.45) is 6.22. The quantitative estimate of drug-likeness (QED) is 0.437. The van der Waals surface area contributed by atoms with E-state index < -0.39 is 0 Å². The Morgan fingerprint density at radius 2 is 1.97 bits per heavy atom. The molecule has 1 atom stereocenters. The third-order valence-electron chi connectivity index (χ3n) is 5.98. The maximum absolute atomic E-state index is 5.40. The summed E-state index contributed by atoms with van der Waals surface area (Å²) >= 11 is 0. The number of ether oxygens (including phenoxy) is 2. The van der Waals surface area contributed by atoms with Crippen LogP contribution < -0.4 is 15.4 Å². The predicted molar refractivity (Wildman–Crippen MR) is 121 cm³/mol. The van der Waals surface area contributed by atoms with Crippen molar-refractivity contribution >= 4 is 5.96 Å². The number of aliphatic imine (C=N–C) groups is 1. The van der Waals surface area contributed by atoms with Crippen LogP contribution in [0.3, 0.4) is 0 Å². The summed E-state index contributed by atoms with van der Waals surface area (Å²) in [5, 5.41) is 6.97.